The second kappa shape index (κ2) is 11.5. The molecular formula is C18H33NO4S2. The number of ketones is 1. The first-order chi connectivity index (χ1) is 11.8. The molecule has 0 aromatic carbocycles. The Labute approximate surface area is 160 Å². The largest absolute Gasteiger partial charge is 0.394 e. The minimum Gasteiger partial charge on any atom is -0.394 e. The molecule has 0 aliphatic carbocycles. The van der Waals surface area contributed by atoms with Crippen molar-refractivity contribution in [3.8, 4) is 0 Å². The van der Waals surface area contributed by atoms with Crippen molar-refractivity contribution < 1.29 is 19.4 Å². The number of rotatable bonds is 12. The molecule has 1 amide bonds. The zero-order valence-electron chi connectivity index (χ0n) is 16.0. The topological polar surface area (TPSA) is 66.8 Å². The minimum atomic E-state index is -0.186. The van der Waals surface area contributed by atoms with Crippen molar-refractivity contribution in [3.05, 3.63) is 0 Å². The quantitative estimate of drug-likeness (QED) is 0.407. The molecule has 7 heteroatoms. The van der Waals surface area contributed by atoms with Crippen LogP contribution in [0, 0.1) is 0 Å². The van der Waals surface area contributed by atoms with E-state index in [-0.39, 0.29) is 48.0 Å². The van der Waals surface area contributed by atoms with Gasteiger partial charge in [-0.15, -0.1) is 0 Å². The molecule has 0 radical (unpaired) electrons. The molecule has 0 spiro atoms. The van der Waals surface area contributed by atoms with Gasteiger partial charge in [0.25, 0.3) is 0 Å². The van der Waals surface area contributed by atoms with Gasteiger partial charge >= 0.3 is 0 Å². The van der Waals surface area contributed by atoms with E-state index >= 15 is 0 Å². The highest BCUT2D eigenvalue weighted by Gasteiger charge is 2.34. The van der Waals surface area contributed by atoms with E-state index in [1.807, 2.05) is 10.8 Å². The second-order valence-electron chi connectivity index (χ2n) is 7.21. The Morgan fingerprint density at radius 3 is 2.64 bits per heavy atom. The standard InChI is InChI=1S/C18H33NO4S2/c1-5-6-9-24-25-18(2,3)11-15(21)7-8-17(22)19-12-16(23-4)10-14(19)13-20/h14,16,20H,5-13H2,1-4H3/t14-,16+/m0/s1. The highest BCUT2D eigenvalue weighted by Crippen LogP contribution is 2.38. The molecule has 0 saturated carbocycles. The Bertz CT molecular complexity index is 431. The maximum absolute atomic E-state index is 12.4. The van der Waals surface area contributed by atoms with Gasteiger partial charge in [-0.05, 0) is 26.7 Å². The number of Topliss-reactive ketones (excluding diaryl/α,β-unsaturated/α-hetero) is 1. The number of nitrogens with zero attached hydrogens (tertiary/aromatic N) is 1. The van der Waals surface area contributed by atoms with E-state index in [2.05, 4.69) is 20.8 Å². The predicted octanol–water partition coefficient (Wildman–Crippen LogP) is 3.29. The molecule has 1 N–H and O–H groups in total. The lowest BCUT2D eigenvalue weighted by Gasteiger charge is -2.24. The SMILES string of the molecule is CCCCSSC(C)(C)CC(=O)CCC(=O)N1C[C@H](OC)C[C@H]1CO. The van der Waals surface area contributed by atoms with Gasteiger partial charge in [-0.2, -0.15) is 0 Å². The summed E-state index contributed by atoms with van der Waals surface area (Å²) in [6, 6.07) is -0.186. The fraction of sp³-hybridized carbons (Fsp3) is 0.889. The Balaban J connectivity index is 2.36. The van der Waals surface area contributed by atoms with Crippen LogP contribution >= 0.6 is 21.6 Å². The maximum Gasteiger partial charge on any atom is 0.223 e. The molecule has 1 rings (SSSR count). The normalized spacial score (nSPS) is 20.9. The van der Waals surface area contributed by atoms with Crippen LogP contribution in [0.1, 0.15) is 59.3 Å². The number of carbonyl (C=O) groups excluding carboxylic acids is 2. The summed E-state index contributed by atoms with van der Waals surface area (Å²) < 4.78 is 5.18. The molecule has 1 aliphatic rings. The molecule has 1 saturated heterocycles. The van der Waals surface area contributed by atoms with Crippen LogP contribution in [0.3, 0.4) is 0 Å². The monoisotopic (exact) mass is 391 g/mol. The smallest absolute Gasteiger partial charge is 0.223 e. The van der Waals surface area contributed by atoms with Crippen LogP contribution in [-0.4, -0.2) is 64.6 Å². The Morgan fingerprint density at radius 1 is 1.32 bits per heavy atom. The van der Waals surface area contributed by atoms with E-state index in [1.165, 1.54) is 12.8 Å². The number of aliphatic hydroxyl groups is 1. The second-order valence-corrected chi connectivity index (χ2v) is 10.3. The summed E-state index contributed by atoms with van der Waals surface area (Å²) in [5, 5.41) is 9.43. The molecule has 1 fully saturated rings. The van der Waals surface area contributed by atoms with Gasteiger partial charge in [-0.25, -0.2) is 0 Å². The number of amides is 1. The summed E-state index contributed by atoms with van der Waals surface area (Å²) in [5.74, 6) is 1.18. The first-order valence-corrected chi connectivity index (χ1v) is 11.4. The van der Waals surface area contributed by atoms with Gasteiger partial charge in [0.05, 0.1) is 18.8 Å². The minimum absolute atomic E-state index is 0.0210. The van der Waals surface area contributed by atoms with Crippen LogP contribution in [0.25, 0.3) is 0 Å². The third kappa shape index (κ3) is 8.33. The summed E-state index contributed by atoms with van der Waals surface area (Å²) >= 11 is 0. The van der Waals surface area contributed by atoms with Crippen LogP contribution in [0.15, 0.2) is 0 Å². The van der Waals surface area contributed by atoms with Gasteiger partial charge < -0.3 is 14.7 Å². The van der Waals surface area contributed by atoms with E-state index in [9.17, 15) is 14.7 Å². The number of hydrogen-bond acceptors (Lipinski definition) is 6. The van der Waals surface area contributed by atoms with Crippen LogP contribution in [0.5, 0.6) is 0 Å². The first kappa shape index (κ1) is 22.8. The Kier molecular flexibility index (Phi) is 10.5. The van der Waals surface area contributed by atoms with E-state index in [0.29, 0.717) is 19.4 Å². The lowest BCUT2D eigenvalue weighted by molar-refractivity contribution is -0.135. The first-order valence-electron chi connectivity index (χ1n) is 9.08. The highest BCUT2D eigenvalue weighted by atomic mass is 33.1. The number of likely N-dealkylation sites (tertiary alicyclic amines) is 1. The highest BCUT2D eigenvalue weighted by molar-refractivity contribution is 8.77. The zero-order chi connectivity index (χ0) is 18.9. The number of methoxy groups -OCH3 is 1. The molecular weight excluding hydrogens is 358 g/mol. The molecule has 1 heterocycles. The summed E-state index contributed by atoms with van der Waals surface area (Å²) in [6.45, 7) is 6.79. The molecule has 5 nitrogen and oxygen atoms in total. The van der Waals surface area contributed by atoms with Gasteiger partial charge in [-0.3, -0.25) is 9.59 Å². The lowest BCUT2D eigenvalue weighted by atomic mass is 10.0. The number of ether oxygens (including phenoxy) is 1. The van der Waals surface area contributed by atoms with Crippen molar-refractivity contribution in [3.63, 3.8) is 0 Å². The van der Waals surface area contributed by atoms with Crippen molar-refractivity contribution in [2.45, 2.75) is 76.2 Å². The zero-order valence-corrected chi connectivity index (χ0v) is 17.6. The summed E-state index contributed by atoms with van der Waals surface area (Å²) in [6.07, 6.45) is 3.99. The predicted molar refractivity (Wildman–Crippen MR) is 106 cm³/mol. The van der Waals surface area contributed by atoms with Gasteiger partial charge in [0.1, 0.15) is 5.78 Å². The van der Waals surface area contributed by atoms with Crippen molar-refractivity contribution in [1.82, 2.24) is 4.90 Å². The fourth-order valence-corrected chi connectivity index (χ4v) is 5.68. The summed E-state index contributed by atoms with van der Waals surface area (Å²) in [4.78, 5) is 26.3. The Morgan fingerprint density at radius 2 is 2.04 bits per heavy atom. The van der Waals surface area contributed by atoms with E-state index in [4.69, 9.17) is 4.74 Å². The third-order valence-electron chi connectivity index (χ3n) is 4.35. The maximum atomic E-state index is 12.4. The van der Waals surface area contributed by atoms with Crippen LogP contribution in [0.4, 0.5) is 0 Å². The van der Waals surface area contributed by atoms with Crippen LogP contribution in [0.2, 0.25) is 0 Å². The van der Waals surface area contributed by atoms with Gasteiger partial charge in [0.2, 0.25) is 5.91 Å². The number of aliphatic hydroxyl groups excluding tert-OH is 1. The average molecular weight is 392 g/mol. The molecule has 0 aromatic rings. The van der Waals surface area contributed by atoms with Crippen LogP contribution < -0.4 is 0 Å². The van der Waals surface area contributed by atoms with Gasteiger partial charge in [0, 0.05) is 43.4 Å². The van der Waals surface area contributed by atoms with Crippen molar-refractivity contribution in [2.24, 2.45) is 0 Å². The third-order valence-corrected chi connectivity index (χ3v) is 7.72. The number of hydrogen-bond donors (Lipinski definition) is 1. The van der Waals surface area contributed by atoms with E-state index in [1.54, 1.807) is 22.8 Å². The molecule has 146 valence electrons. The molecule has 25 heavy (non-hydrogen) atoms. The number of carbonyl (C=O) groups is 2. The van der Waals surface area contributed by atoms with Crippen molar-refractivity contribution in [1.29, 1.82) is 0 Å². The van der Waals surface area contributed by atoms with E-state index < -0.39 is 0 Å². The molecule has 2 atom stereocenters. The van der Waals surface area contributed by atoms with Gasteiger partial charge in [0.15, 0.2) is 0 Å². The Hall–Kier alpha value is -0.240. The van der Waals surface area contributed by atoms with Crippen molar-refractivity contribution >= 4 is 33.3 Å². The molecule has 1 aliphatic heterocycles. The average Bonchev–Trinajstić information content (AvgIpc) is 3.00. The molecule has 0 aromatic heterocycles. The summed E-state index contributed by atoms with van der Waals surface area (Å²) in [5.41, 5.74) is 0. The summed E-state index contributed by atoms with van der Waals surface area (Å²) in [7, 11) is 5.21. The van der Waals surface area contributed by atoms with Crippen LogP contribution in [-0.2, 0) is 14.3 Å². The molecule has 0 bridgehead atoms. The fourth-order valence-electron chi connectivity index (χ4n) is 2.91. The van der Waals surface area contributed by atoms with E-state index in [0.717, 1.165) is 5.75 Å². The van der Waals surface area contributed by atoms with Crippen molar-refractivity contribution in [2.75, 3.05) is 26.0 Å². The molecule has 0 unspecified atom stereocenters. The lowest BCUT2D eigenvalue weighted by Crippen LogP contribution is -2.38. The number of unbranched alkanes of at least 4 members (excludes halogenated alkanes) is 1. The van der Waals surface area contributed by atoms with Gasteiger partial charge in [-0.1, -0.05) is 34.9 Å².